The molecule has 0 unspecified atom stereocenters. The molecule has 0 spiro atoms. The third-order valence-corrected chi connectivity index (χ3v) is 2.05. The van der Waals surface area contributed by atoms with Crippen LogP contribution in [0.2, 0.25) is 0 Å². The van der Waals surface area contributed by atoms with Crippen molar-refractivity contribution in [1.29, 1.82) is 0 Å². The van der Waals surface area contributed by atoms with Crippen LogP contribution >= 0.6 is 0 Å². The average molecular weight is 286 g/mol. The topological polar surface area (TPSA) is 82.3 Å². The molecule has 20 heavy (non-hydrogen) atoms. The van der Waals surface area contributed by atoms with Crippen molar-refractivity contribution in [2.45, 2.75) is 6.36 Å². The second kappa shape index (κ2) is 5.61. The van der Waals surface area contributed by atoms with Crippen LogP contribution in [0.25, 0.3) is 0 Å². The van der Waals surface area contributed by atoms with Gasteiger partial charge in [-0.05, 0) is 12.1 Å². The first-order valence-corrected chi connectivity index (χ1v) is 5.30. The zero-order valence-corrected chi connectivity index (χ0v) is 9.89. The Morgan fingerprint density at radius 3 is 2.45 bits per heavy atom. The quantitative estimate of drug-likeness (QED) is 0.663. The minimum atomic E-state index is -4.81. The summed E-state index contributed by atoms with van der Waals surface area (Å²) in [6, 6.07) is 6.71. The van der Waals surface area contributed by atoms with Crippen LogP contribution in [0.15, 0.2) is 36.5 Å². The Bertz CT molecular complexity index is 592. The Hall–Kier alpha value is -2.55. The molecule has 1 heterocycles. The minimum Gasteiger partial charge on any atom is -0.435 e. The Morgan fingerprint density at radius 2 is 1.80 bits per heavy atom. The van der Waals surface area contributed by atoms with E-state index in [9.17, 15) is 13.2 Å². The number of aromatic nitrogens is 2. The van der Waals surface area contributed by atoms with Gasteiger partial charge in [-0.25, -0.2) is 10.8 Å². The molecule has 106 valence electrons. The van der Waals surface area contributed by atoms with Crippen LogP contribution < -0.4 is 20.7 Å². The van der Waals surface area contributed by atoms with Crippen molar-refractivity contribution in [2.24, 2.45) is 5.84 Å². The highest BCUT2D eigenvalue weighted by atomic mass is 19.4. The van der Waals surface area contributed by atoms with E-state index in [1.807, 2.05) is 0 Å². The summed E-state index contributed by atoms with van der Waals surface area (Å²) in [7, 11) is 0. The minimum absolute atomic E-state index is 0.0196. The molecule has 0 fully saturated rings. The van der Waals surface area contributed by atoms with Gasteiger partial charge in [0.15, 0.2) is 11.5 Å². The molecular formula is C11H9F3N4O2. The smallest absolute Gasteiger partial charge is 0.435 e. The molecule has 3 N–H and O–H groups in total. The average Bonchev–Trinajstić information content (AvgIpc) is 2.40. The van der Waals surface area contributed by atoms with E-state index in [1.54, 1.807) is 0 Å². The predicted molar refractivity (Wildman–Crippen MR) is 63.0 cm³/mol. The number of benzene rings is 1. The summed E-state index contributed by atoms with van der Waals surface area (Å²) in [4.78, 5) is 7.56. The summed E-state index contributed by atoms with van der Waals surface area (Å²) in [6.07, 6.45) is -3.47. The normalized spacial score (nSPS) is 11.0. The number of rotatable bonds is 4. The number of hydrazine groups is 1. The molecule has 0 saturated heterocycles. The summed E-state index contributed by atoms with van der Waals surface area (Å²) in [5, 5.41) is 0. The summed E-state index contributed by atoms with van der Waals surface area (Å²) in [5.41, 5.74) is 2.19. The standard InChI is InChI=1S/C11H9F3N4O2/c12-11(13,14)20-8-4-2-1-3-7(8)19-9-5-6-16-10(17-9)18-15/h1-6H,15H2,(H,16,17,18). The number of nitrogens with zero attached hydrogens (tertiary/aromatic N) is 2. The molecule has 1 aromatic heterocycles. The molecular weight excluding hydrogens is 277 g/mol. The van der Waals surface area contributed by atoms with Crippen molar-refractivity contribution in [3.8, 4) is 17.4 Å². The largest absolute Gasteiger partial charge is 0.573 e. The summed E-state index contributed by atoms with van der Waals surface area (Å²) in [6.45, 7) is 0. The van der Waals surface area contributed by atoms with Gasteiger partial charge in [0.2, 0.25) is 11.8 Å². The molecule has 0 atom stereocenters. The lowest BCUT2D eigenvalue weighted by molar-refractivity contribution is -0.275. The fourth-order valence-corrected chi connectivity index (χ4v) is 1.32. The van der Waals surface area contributed by atoms with Gasteiger partial charge < -0.3 is 9.47 Å². The third kappa shape index (κ3) is 3.72. The number of anilines is 1. The van der Waals surface area contributed by atoms with Gasteiger partial charge >= 0.3 is 6.36 Å². The molecule has 0 radical (unpaired) electrons. The van der Waals surface area contributed by atoms with Gasteiger partial charge in [0.05, 0.1) is 0 Å². The van der Waals surface area contributed by atoms with Crippen LogP contribution in [0.4, 0.5) is 19.1 Å². The fraction of sp³-hybridized carbons (Fsp3) is 0.0909. The highest BCUT2D eigenvalue weighted by Crippen LogP contribution is 2.34. The number of halogens is 3. The molecule has 0 bridgehead atoms. The predicted octanol–water partition coefficient (Wildman–Crippen LogP) is 2.45. The van der Waals surface area contributed by atoms with Crippen LogP contribution in [0.5, 0.6) is 17.4 Å². The number of alkyl halides is 3. The Balaban J connectivity index is 2.24. The van der Waals surface area contributed by atoms with Crippen LogP contribution in [0, 0.1) is 0 Å². The molecule has 0 amide bonds. The van der Waals surface area contributed by atoms with Gasteiger partial charge in [0.1, 0.15) is 0 Å². The number of para-hydroxylation sites is 2. The van der Waals surface area contributed by atoms with Crippen molar-refractivity contribution >= 4 is 5.95 Å². The van der Waals surface area contributed by atoms with Crippen molar-refractivity contribution in [2.75, 3.05) is 5.43 Å². The number of hydrogen-bond acceptors (Lipinski definition) is 6. The van der Waals surface area contributed by atoms with E-state index < -0.39 is 12.1 Å². The summed E-state index contributed by atoms with van der Waals surface area (Å²) < 4.78 is 45.8. The van der Waals surface area contributed by atoms with Crippen molar-refractivity contribution in [3.63, 3.8) is 0 Å². The maximum atomic E-state index is 12.2. The van der Waals surface area contributed by atoms with Gasteiger partial charge in [-0.2, -0.15) is 4.98 Å². The van der Waals surface area contributed by atoms with Gasteiger partial charge in [-0.3, -0.25) is 5.43 Å². The van der Waals surface area contributed by atoms with E-state index in [2.05, 4.69) is 20.1 Å². The zero-order chi connectivity index (χ0) is 14.6. The lowest BCUT2D eigenvalue weighted by atomic mass is 10.3. The Labute approximate surface area is 111 Å². The third-order valence-electron chi connectivity index (χ3n) is 2.05. The van der Waals surface area contributed by atoms with Crippen LogP contribution in [0.3, 0.4) is 0 Å². The Kier molecular flexibility index (Phi) is 3.89. The molecule has 0 aliphatic carbocycles. The van der Waals surface area contributed by atoms with E-state index in [0.29, 0.717) is 0 Å². The number of nitrogens with two attached hydrogens (primary N) is 1. The molecule has 1 aromatic carbocycles. The van der Waals surface area contributed by atoms with Crippen molar-refractivity contribution in [3.05, 3.63) is 36.5 Å². The van der Waals surface area contributed by atoms with Gasteiger partial charge in [-0.1, -0.05) is 12.1 Å². The molecule has 0 aliphatic rings. The highest BCUT2D eigenvalue weighted by molar-refractivity contribution is 5.42. The van der Waals surface area contributed by atoms with Crippen LogP contribution in [-0.2, 0) is 0 Å². The van der Waals surface area contributed by atoms with Crippen molar-refractivity contribution < 1.29 is 22.6 Å². The first-order valence-electron chi connectivity index (χ1n) is 5.30. The monoisotopic (exact) mass is 286 g/mol. The zero-order valence-electron chi connectivity index (χ0n) is 9.89. The summed E-state index contributed by atoms with van der Waals surface area (Å²) in [5.74, 6) is 4.60. The van der Waals surface area contributed by atoms with Crippen molar-refractivity contribution in [1.82, 2.24) is 9.97 Å². The number of hydrogen-bond donors (Lipinski definition) is 2. The maximum Gasteiger partial charge on any atom is 0.573 e. The SMILES string of the molecule is NNc1nccc(Oc2ccccc2OC(F)(F)F)n1. The fourth-order valence-electron chi connectivity index (χ4n) is 1.32. The Morgan fingerprint density at radius 1 is 1.10 bits per heavy atom. The van der Waals surface area contributed by atoms with Gasteiger partial charge in [-0.15, -0.1) is 13.2 Å². The van der Waals surface area contributed by atoms with E-state index in [4.69, 9.17) is 10.6 Å². The molecule has 2 aromatic rings. The first-order chi connectivity index (χ1) is 9.48. The van der Waals surface area contributed by atoms with E-state index >= 15 is 0 Å². The molecule has 0 aliphatic heterocycles. The second-order valence-corrected chi connectivity index (χ2v) is 3.46. The molecule has 0 saturated carbocycles. The van der Waals surface area contributed by atoms with E-state index in [1.165, 1.54) is 30.5 Å². The molecule has 2 rings (SSSR count). The van der Waals surface area contributed by atoms with Gasteiger partial charge in [0, 0.05) is 12.3 Å². The summed E-state index contributed by atoms with van der Waals surface area (Å²) >= 11 is 0. The molecule has 6 nitrogen and oxygen atoms in total. The number of nitrogens with one attached hydrogen (secondary N) is 1. The highest BCUT2D eigenvalue weighted by Gasteiger charge is 2.32. The lowest BCUT2D eigenvalue weighted by Crippen LogP contribution is -2.17. The van der Waals surface area contributed by atoms with Crippen LogP contribution in [0.1, 0.15) is 0 Å². The number of ether oxygens (including phenoxy) is 2. The lowest BCUT2D eigenvalue weighted by Gasteiger charge is -2.13. The van der Waals surface area contributed by atoms with E-state index in [0.717, 1.165) is 6.07 Å². The maximum absolute atomic E-state index is 12.2. The van der Waals surface area contributed by atoms with Gasteiger partial charge in [0.25, 0.3) is 0 Å². The van der Waals surface area contributed by atoms with Crippen LogP contribution in [-0.4, -0.2) is 16.3 Å². The molecule has 9 heteroatoms. The second-order valence-electron chi connectivity index (χ2n) is 3.46. The van der Waals surface area contributed by atoms with E-state index in [-0.39, 0.29) is 17.6 Å². The first kappa shape index (κ1) is 13.9. The number of nitrogen functional groups attached to an aromatic ring is 1.